The second-order valence-electron chi connectivity index (χ2n) is 22.8. The summed E-state index contributed by atoms with van der Waals surface area (Å²) < 4.78 is 65.0. The van der Waals surface area contributed by atoms with E-state index in [9.17, 15) is 19.2 Å². The number of nitrogens with one attached hydrogen (secondary N) is 2. The molecule has 5 aromatic rings. The van der Waals surface area contributed by atoms with Crippen molar-refractivity contribution in [3.63, 3.8) is 0 Å². The van der Waals surface area contributed by atoms with Crippen molar-refractivity contribution in [2.75, 3.05) is 129 Å². The Labute approximate surface area is 512 Å². The number of carbonyl (C=O) groups is 2. The van der Waals surface area contributed by atoms with Crippen molar-refractivity contribution in [2.45, 2.75) is 94.8 Å². The molecular weight excluding hydrogens is 1140 g/mol. The molecule has 4 aromatic carbocycles. The number of halogens is 3. The van der Waals surface area contributed by atoms with Gasteiger partial charge >= 0.3 is 18.1 Å². The quantitative estimate of drug-likeness (QED) is 0.0450. The Balaban J connectivity index is 0.671. The van der Waals surface area contributed by atoms with Crippen LogP contribution < -0.4 is 25.2 Å². The molecule has 462 valence electrons. The molecule has 3 amide bonds. The summed E-state index contributed by atoms with van der Waals surface area (Å²) in [7, 11) is 1.63. The van der Waals surface area contributed by atoms with Crippen molar-refractivity contribution in [3.05, 3.63) is 124 Å². The fourth-order valence-corrected chi connectivity index (χ4v) is 12.9. The lowest BCUT2D eigenvalue weighted by atomic mass is 10.0. The number of rotatable bonds is 28. The molecule has 1 unspecified atom stereocenters. The lowest BCUT2D eigenvalue weighted by Gasteiger charge is -2.37. The lowest BCUT2D eigenvalue weighted by molar-refractivity contribution is -0.00398. The number of piperazine rings is 1. The molecular formula is C63H80ClF2N11O8S. The van der Waals surface area contributed by atoms with Gasteiger partial charge in [-0.05, 0) is 107 Å². The Kier molecular flexibility index (Phi) is 23.1. The first-order valence-corrected chi connectivity index (χ1v) is 31.0. The topological polar surface area (TPSA) is 192 Å². The fraction of sp³-hybridized carbons (Fsp3) is 0.524. The largest absolute Gasteiger partial charge is 0.462 e. The minimum Gasteiger partial charge on any atom is -0.462 e. The Hall–Kier alpha value is -6.42. The SMILES string of the molecule is CN(CCOCCOCCOCCOCCCN1CCC[C@H]1COc1nc2c(c(N3CCN[C@@H](CC#N)C3)n1)CCN(c1cccc3cccc(Cl)c13)C2)C(=O)N1N=C(c2cc(F)ccc2F)SC1(CCCNC(=O)OC(C)(C)C)c1ccccc1. The monoisotopic (exact) mass is 1220 g/mol. The minimum absolute atomic E-state index is 0.0602. The van der Waals surface area contributed by atoms with E-state index in [1.54, 1.807) is 27.8 Å². The lowest BCUT2D eigenvalue weighted by Crippen LogP contribution is -2.51. The van der Waals surface area contributed by atoms with Crippen LogP contribution in [0.5, 0.6) is 6.01 Å². The van der Waals surface area contributed by atoms with Gasteiger partial charge in [0.05, 0.1) is 76.0 Å². The van der Waals surface area contributed by atoms with Crippen LogP contribution in [0.3, 0.4) is 0 Å². The number of anilines is 2. The molecule has 2 fully saturated rings. The molecule has 0 saturated carbocycles. The highest BCUT2D eigenvalue weighted by Crippen LogP contribution is 2.51. The van der Waals surface area contributed by atoms with Crippen LogP contribution in [0.4, 0.5) is 29.9 Å². The van der Waals surface area contributed by atoms with E-state index in [1.165, 1.54) is 9.91 Å². The number of nitriles is 1. The van der Waals surface area contributed by atoms with E-state index >= 15 is 4.39 Å². The van der Waals surface area contributed by atoms with Gasteiger partial charge in [0.1, 0.15) is 39.6 Å². The zero-order valence-electron chi connectivity index (χ0n) is 49.7. The van der Waals surface area contributed by atoms with Crippen molar-refractivity contribution in [1.29, 1.82) is 5.26 Å². The fourth-order valence-electron chi connectivity index (χ4n) is 11.2. The van der Waals surface area contributed by atoms with E-state index in [1.807, 2.05) is 42.5 Å². The molecule has 2 saturated heterocycles. The Morgan fingerprint density at radius 1 is 0.895 bits per heavy atom. The predicted molar refractivity (Wildman–Crippen MR) is 330 cm³/mol. The third kappa shape index (κ3) is 17.0. The molecule has 1 aromatic heterocycles. The van der Waals surface area contributed by atoms with Gasteiger partial charge in [-0.3, -0.25) is 4.90 Å². The number of nitrogens with zero attached hydrogens (tertiary/aromatic N) is 9. The standard InChI is InChI=1S/C63H80ClF2N11O8S/c1-62(2,3)85-60(78)69-26-11-24-63(46-15-6-5-7-16-46)77(72-58(86-63)51-41-47(65)20-21-53(51)66)61(79)73(4)32-34-81-36-38-83-40-39-82-37-35-80-33-12-29-74-28-10-17-49(74)44-84-59-70-54-43-75(55-19-9-14-45-13-8-18-52(64)56(45)55)30-23-50(54)57(71-59)76-31-27-68-48(42-76)22-25-67/h5-9,13-16,18-21,41,48-49,68H,10-12,17,22-24,26-40,42-44H2,1-4H3,(H,69,78)/t48-,49-,63?/m0/s1. The maximum atomic E-state index is 15.3. The molecule has 9 rings (SSSR count). The predicted octanol–water partition coefficient (Wildman–Crippen LogP) is 9.74. The number of hydrogen-bond acceptors (Lipinski definition) is 17. The number of likely N-dealkylation sites (N-methyl/N-ethyl adjacent to an activating group) is 1. The van der Waals surface area contributed by atoms with Crippen LogP contribution in [-0.4, -0.2) is 178 Å². The molecule has 0 bridgehead atoms. The number of ether oxygens (including phenoxy) is 6. The van der Waals surface area contributed by atoms with Gasteiger partial charge in [-0.15, -0.1) is 0 Å². The maximum absolute atomic E-state index is 15.3. The molecule has 5 heterocycles. The number of aromatic nitrogens is 2. The summed E-state index contributed by atoms with van der Waals surface area (Å²) in [4.78, 5) is 44.5. The maximum Gasteiger partial charge on any atom is 0.407 e. The Bertz CT molecular complexity index is 3140. The average Bonchev–Trinajstić information content (AvgIpc) is 1.74. The molecule has 19 nitrogen and oxygen atoms in total. The third-order valence-corrected chi connectivity index (χ3v) is 17.2. The highest BCUT2D eigenvalue weighted by molar-refractivity contribution is 8.15. The summed E-state index contributed by atoms with van der Waals surface area (Å²) in [6.45, 7) is 14.9. The summed E-state index contributed by atoms with van der Waals surface area (Å²) in [5.74, 6) is -0.401. The van der Waals surface area contributed by atoms with Gasteiger partial charge in [-0.2, -0.15) is 25.3 Å². The smallest absolute Gasteiger partial charge is 0.407 e. The zero-order chi connectivity index (χ0) is 60.5. The Morgan fingerprint density at radius 3 is 2.40 bits per heavy atom. The molecule has 86 heavy (non-hydrogen) atoms. The van der Waals surface area contributed by atoms with Crippen LogP contribution in [-0.2, 0) is 41.5 Å². The van der Waals surface area contributed by atoms with Crippen molar-refractivity contribution in [2.24, 2.45) is 5.10 Å². The summed E-state index contributed by atoms with van der Waals surface area (Å²) >= 11 is 7.96. The molecule has 0 radical (unpaired) electrons. The van der Waals surface area contributed by atoms with Crippen LogP contribution in [0.25, 0.3) is 10.8 Å². The number of benzene rings is 4. The second kappa shape index (κ2) is 31.0. The second-order valence-corrected chi connectivity index (χ2v) is 24.5. The first-order valence-electron chi connectivity index (χ1n) is 29.9. The number of amides is 3. The van der Waals surface area contributed by atoms with Crippen molar-refractivity contribution < 1.29 is 46.8 Å². The van der Waals surface area contributed by atoms with E-state index in [4.69, 9.17) is 50.0 Å². The number of urea groups is 1. The summed E-state index contributed by atoms with van der Waals surface area (Å²) in [6.07, 6.45) is 4.33. The van der Waals surface area contributed by atoms with Crippen LogP contribution in [0.2, 0.25) is 5.02 Å². The first kappa shape index (κ1) is 64.1. The summed E-state index contributed by atoms with van der Waals surface area (Å²) in [6, 6.07) is 27.3. The van der Waals surface area contributed by atoms with Gasteiger partial charge < -0.3 is 53.8 Å². The van der Waals surface area contributed by atoms with Gasteiger partial charge in [-0.1, -0.05) is 78.0 Å². The van der Waals surface area contributed by atoms with Crippen molar-refractivity contribution in [3.8, 4) is 12.1 Å². The van der Waals surface area contributed by atoms with Gasteiger partial charge in [0.2, 0.25) is 0 Å². The molecule has 4 aliphatic rings. The zero-order valence-corrected chi connectivity index (χ0v) is 51.3. The van der Waals surface area contributed by atoms with Crippen molar-refractivity contribution in [1.82, 2.24) is 35.4 Å². The first-order chi connectivity index (χ1) is 41.7. The molecule has 4 aliphatic heterocycles. The highest BCUT2D eigenvalue weighted by atomic mass is 35.5. The molecule has 0 aliphatic carbocycles. The van der Waals surface area contributed by atoms with Crippen molar-refractivity contribution >= 4 is 62.8 Å². The summed E-state index contributed by atoms with van der Waals surface area (Å²) in [5.41, 5.74) is 3.16. The Morgan fingerprint density at radius 2 is 1.64 bits per heavy atom. The molecule has 0 spiro atoms. The van der Waals surface area contributed by atoms with E-state index in [0.717, 1.165) is 132 Å². The molecule has 3 atom stereocenters. The van der Waals surface area contributed by atoms with Crippen LogP contribution in [0.1, 0.15) is 81.7 Å². The van der Waals surface area contributed by atoms with E-state index in [2.05, 4.69) is 60.8 Å². The number of hydrogen-bond donors (Lipinski definition) is 2. The number of alkyl carbamates (subject to hydrolysis) is 1. The highest BCUT2D eigenvalue weighted by Gasteiger charge is 2.49. The summed E-state index contributed by atoms with van der Waals surface area (Å²) in [5, 5.41) is 24.8. The van der Waals surface area contributed by atoms with Gasteiger partial charge in [0.25, 0.3) is 0 Å². The van der Waals surface area contributed by atoms with Crippen LogP contribution >= 0.6 is 23.4 Å². The van der Waals surface area contributed by atoms with Gasteiger partial charge in [0, 0.05) is 93.8 Å². The number of likely N-dealkylation sites (tertiary alicyclic amines) is 1. The molecule has 23 heteroatoms. The third-order valence-electron chi connectivity index (χ3n) is 15.5. The number of fused-ring (bicyclic) bond motifs is 2. The van der Waals surface area contributed by atoms with Crippen LogP contribution in [0.15, 0.2) is 90.0 Å². The van der Waals surface area contributed by atoms with E-state index in [0.29, 0.717) is 91.2 Å². The number of carbonyl (C=O) groups excluding carboxylic acids is 2. The van der Waals surface area contributed by atoms with E-state index in [-0.39, 0.29) is 42.4 Å². The number of hydrazone groups is 1. The van der Waals surface area contributed by atoms with Gasteiger partial charge in [0.15, 0.2) is 0 Å². The minimum atomic E-state index is -1.17. The van der Waals surface area contributed by atoms with Gasteiger partial charge in [-0.25, -0.2) is 18.4 Å². The molecule has 2 N–H and O–H groups in total. The van der Waals surface area contributed by atoms with E-state index < -0.39 is 34.2 Å². The number of thioether (sulfide) groups is 1. The normalized spacial score (nSPS) is 18.9. The average molecular weight is 1220 g/mol. The van der Waals surface area contributed by atoms with Crippen LogP contribution in [0, 0.1) is 23.0 Å².